The number of amides is 1. The van der Waals surface area contributed by atoms with Crippen molar-refractivity contribution in [2.75, 3.05) is 18.0 Å². The maximum atomic E-state index is 11.2. The maximum absolute atomic E-state index is 11.2. The number of piperidine rings is 1. The first-order valence-corrected chi connectivity index (χ1v) is 7.75. The molecule has 3 atom stereocenters. The molecule has 2 heterocycles. The molecule has 1 aliphatic carbocycles. The van der Waals surface area contributed by atoms with Gasteiger partial charge < -0.3 is 10.2 Å². The first-order valence-electron chi connectivity index (χ1n) is 6.14. The SMILES string of the molecule is CC(=O)NC1C2CC[C@@H]1CN(c1nnc(Br)s1)C2. The summed E-state index contributed by atoms with van der Waals surface area (Å²) in [6.45, 7) is 3.56. The van der Waals surface area contributed by atoms with Gasteiger partial charge in [-0.2, -0.15) is 0 Å². The summed E-state index contributed by atoms with van der Waals surface area (Å²) in [5, 5.41) is 12.3. The van der Waals surface area contributed by atoms with Crippen molar-refractivity contribution in [3.05, 3.63) is 3.92 Å². The summed E-state index contributed by atoms with van der Waals surface area (Å²) in [6.07, 6.45) is 2.40. The highest BCUT2D eigenvalue weighted by Gasteiger charge is 2.43. The molecule has 1 N–H and O–H groups in total. The van der Waals surface area contributed by atoms with Crippen molar-refractivity contribution in [1.29, 1.82) is 0 Å². The Morgan fingerprint density at radius 3 is 2.56 bits per heavy atom. The lowest BCUT2D eigenvalue weighted by atomic mass is 9.92. The van der Waals surface area contributed by atoms with Gasteiger partial charge in [0.05, 0.1) is 0 Å². The van der Waals surface area contributed by atoms with Crippen molar-refractivity contribution >= 4 is 38.3 Å². The van der Waals surface area contributed by atoms with Crippen LogP contribution in [0.1, 0.15) is 19.8 Å². The van der Waals surface area contributed by atoms with Crippen LogP contribution in [-0.2, 0) is 4.79 Å². The van der Waals surface area contributed by atoms with Crippen molar-refractivity contribution < 1.29 is 4.79 Å². The van der Waals surface area contributed by atoms with Crippen LogP contribution in [0, 0.1) is 11.8 Å². The fourth-order valence-electron chi connectivity index (χ4n) is 3.18. The van der Waals surface area contributed by atoms with Crippen LogP contribution in [0.15, 0.2) is 3.92 Å². The number of fused-ring (bicyclic) bond motifs is 2. The third-order valence-electron chi connectivity index (χ3n) is 3.86. The van der Waals surface area contributed by atoms with Crippen molar-refractivity contribution in [3.8, 4) is 0 Å². The lowest BCUT2D eigenvalue weighted by molar-refractivity contribution is -0.120. The molecule has 0 spiro atoms. The molecule has 1 saturated heterocycles. The van der Waals surface area contributed by atoms with Gasteiger partial charge in [0.2, 0.25) is 11.0 Å². The van der Waals surface area contributed by atoms with Gasteiger partial charge in [0, 0.05) is 26.1 Å². The van der Waals surface area contributed by atoms with E-state index in [-0.39, 0.29) is 5.91 Å². The van der Waals surface area contributed by atoms with E-state index in [1.54, 1.807) is 18.3 Å². The van der Waals surface area contributed by atoms with Gasteiger partial charge in [-0.1, -0.05) is 11.3 Å². The molecule has 18 heavy (non-hydrogen) atoms. The predicted octanol–water partition coefficient (Wildman–Crippen LogP) is 1.65. The number of nitrogens with one attached hydrogen (secondary N) is 1. The number of rotatable bonds is 2. The molecule has 1 aromatic heterocycles. The van der Waals surface area contributed by atoms with Crippen LogP contribution in [-0.4, -0.2) is 35.2 Å². The zero-order chi connectivity index (χ0) is 12.7. The topological polar surface area (TPSA) is 58.1 Å². The second-order valence-corrected chi connectivity index (χ2v) is 7.30. The fraction of sp³-hybridized carbons (Fsp3) is 0.727. The summed E-state index contributed by atoms with van der Waals surface area (Å²) in [6, 6.07) is 0.357. The van der Waals surface area contributed by atoms with Crippen LogP contribution in [0.2, 0.25) is 0 Å². The van der Waals surface area contributed by atoms with Gasteiger partial charge in [-0.15, -0.1) is 10.2 Å². The molecular formula is C11H15BrN4OS. The molecule has 1 saturated carbocycles. The Morgan fingerprint density at radius 1 is 1.39 bits per heavy atom. The predicted molar refractivity (Wildman–Crippen MR) is 73.6 cm³/mol. The van der Waals surface area contributed by atoms with Crippen molar-refractivity contribution in [1.82, 2.24) is 15.5 Å². The summed E-state index contributed by atoms with van der Waals surface area (Å²) in [4.78, 5) is 13.5. The van der Waals surface area contributed by atoms with Crippen LogP contribution < -0.4 is 10.2 Å². The van der Waals surface area contributed by atoms with Crippen LogP contribution in [0.4, 0.5) is 5.13 Å². The zero-order valence-corrected chi connectivity index (χ0v) is 12.5. The van der Waals surface area contributed by atoms with Crippen LogP contribution in [0.25, 0.3) is 0 Å². The second kappa shape index (κ2) is 4.77. The number of aromatic nitrogens is 2. The number of halogens is 1. The number of hydrogen-bond donors (Lipinski definition) is 1. The van der Waals surface area contributed by atoms with E-state index < -0.39 is 0 Å². The van der Waals surface area contributed by atoms with E-state index in [1.807, 2.05) is 0 Å². The highest BCUT2D eigenvalue weighted by atomic mass is 79.9. The number of nitrogens with zero attached hydrogens (tertiary/aromatic N) is 3. The minimum Gasteiger partial charge on any atom is -0.353 e. The molecule has 2 aliphatic rings. The molecule has 2 fully saturated rings. The first kappa shape index (κ1) is 12.3. The van der Waals surface area contributed by atoms with E-state index in [2.05, 4.69) is 36.3 Å². The average Bonchev–Trinajstić information content (AvgIpc) is 2.81. The Morgan fingerprint density at radius 2 is 2.06 bits per heavy atom. The number of carbonyl (C=O) groups excluding carboxylic acids is 1. The quantitative estimate of drug-likeness (QED) is 0.895. The number of carbonyl (C=O) groups is 1. The van der Waals surface area contributed by atoms with Gasteiger partial charge in [-0.05, 0) is 40.6 Å². The Labute approximate surface area is 118 Å². The largest absolute Gasteiger partial charge is 0.353 e. The molecular weight excluding hydrogens is 316 g/mol. The summed E-state index contributed by atoms with van der Waals surface area (Å²) >= 11 is 4.92. The highest BCUT2D eigenvalue weighted by Crippen LogP contribution is 2.39. The Hall–Kier alpha value is -0.690. The number of hydrogen-bond acceptors (Lipinski definition) is 5. The molecule has 98 valence electrons. The lowest BCUT2D eigenvalue weighted by Gasteiger charge is -2.37. The van der Waals surface area contributed by atoms with Gasteiger partial charge in [0.1, 0.15) is 0 Å². The fourth-order valence-corrected chi connectivity index (χ4v) is 4.28. The van der Waals surface area contributed by atoms with Gasteiger partial charge in [-0.25, -0.2) is 0 Å². The van der Waals surface area contributed by atoms with E-state index in [0.717, 1.165) is 22.1 Å². The van der Waals surface area contributed by atoms with E-state index in [4.69, 9.17) is 0 Å². The molecule has 3 rings (SSSR count). The molecule has 5 nitrogen and oxygen atoms in total. The summed E-state index contributed by atoms with van der Waals surface area (Å²) < 4.78 is 0.828. The Balaban J connectivity index is 1.73. The summed E-state index contributed by atoms with van der Waals surface area (Å²) in [7, 11) is 0. The van der Waals surface area contributed by atoms with Crippen LogP contribution in [0.3, 0.4) is 0 Å². The van der Waals surface area contributed by atoms with Crippen molar-refractivity contribution in [2.24, 2.45) is 11.8 Å². The van der Waals surface area contributed by atoms with E-state index in [0.29, 0.717) is 17.9 Å². The van der Waals surface area contributed by atoms with E-state index in [1.165, 1.54) is 12.8 Å². The second-order valence-electron chi connectivity index (χ2n) is 5.07. The van der Waals surface area contributed by atoms with Gasteiger partial charge in [0.25, 0.3) is 0 Å². The van der Waals surface area contributed by atoms with E-state index >= 15 is 0 Å². The van der Waals surface area contributed by atoms with Gasteiger partial charge in [-0.3, -0.25) is 4.79 Å². The molecule has 0 radical (unpaired) electrons. The molecule has 1 aliphatic heterocycles. The molecule has 2 bridgehead atoms. The normalized spacial score (nSPS) is 30.6. The third-order valence-corrected chi connectivity index (χ3v) is 5.28. The standard InChI is InChI=1S/C11H15BrN4OS/c1-6(17)13-9-7-2-3-8(9)5-16(4-7)11-15-14-10(12)18-11/h7-9H,2-5H2,1H3,(H,13,17)/t7-,8?,9?/m1/s1. The molecule has 7 heteroatoms. The average molecular weight is 331 g/mol. The number of anilines is 1. The highest BCUT2D eigenvalue weighted by molar-refractivity contribution is 9.11. The molecule has 2 unspecified atom stereocenters. The lowest BCUT2D eigenvalue weighted by Crippen LogP contribution is -2.52. The van der Waals surface area contributed by atoms with Crippen molar-refractivity contribution in [3.63, 3.8) is 0 Å². The molecule has 0 aromatic carbocycles. The Kier molecular flexibility index (Phi) is 3.27. The van der Waals surface area contributed by atoms with Crippen LogP contribution in [0.5, 0.6) is 0 Å². The first-order chi connectivity index (χ1) is 8.63. The molecule has 1 aromatic rings. The smallest absolute Gasteiger partial charge is 0.217 e. The van der Waals surface area contributed by atoms with Crippen LogP contribution >= 0.6 is 27.3 Å². The maximum Gasteiger partial charge on any atom is 0.217 e. The minimum absolute atomic E-state index is 0.0870. The summed E-state index contributed by atoms with van der Waals surface area (Å²) in [5.41, 5.74) is 0. The molecule has 1 amide bonds. The Bertz CT molecular complexity index is 452. The van der Waals surface area contributed by atoms with Gasteiger partial charge in [0.15, 0.2) is 3.92 Å². The minimum atomic E-state index is 0.0870. The summed E-state index contributed by atoms with van der Waals surface area (Å²) in [5.74, 6) is 1.19. The van der Waals surface area contributed by atoms with Gasteiger partial charge >= 0.3 is 0 Å². The zero-order valence-electron chi connectivity index (χ0n) is 10.1. The van der Waals surface area contributed by atoms with Crippen molar-refractivity contribution in [2.45, 2.75) is 25.8 Å². The third kappa shape index (κ3) is 2.25. The van der Waals surface area contributed by atoms with E-state index in [9.17, 15) is 4.79 Å². The monoisotopic (exact) mass is 330 g/mol.